The Balaban J connectivity index is 2.28. The van der Waals surface area contributed by atoms with E-state index in [0.717, 1.165) is 19.3 Å². The minimum atomic E-state index is -1.60. The van der Waals surface area contributed by atoms with Gasteiger partial charge in [-0.15, -0.1) is 0 Å². The zero-order valence-corrected chi connectivity index (χ0v) is 16.9. The van der Waals surface area contributed by atoms with Gasteiger partial charge in [0.2, 0.25) is 0 Å². The molecule has 3 heteroatoms. The van der Waals surface area contributed by atoms with Crippen molar-refractivity contribution in [1.29, 1.82) is 0 Å². The van der Waals surface area contributed by atoms with Crippen LogP contribution in [-0.2, 0) is 14.9 Å². The fourth-order valence-electron chi connectivity index (χ4n) is 4.22. The number of hydrogen-bond donors (Lipinski definition) is 1. The van der Waals surface area contributed by atoms with Gasteiger partial charge >= 0.3 is 5.97 Å². The minimum Gasteiger partial charge on any atom is -0.460 e. The van der Waals surface area contributed by atoms with E-state index in [2.05, 4.69) is 51.6 Å². The lowest BCUT2D eigenvalue weighted by molar-refractivity contribution is -0.174. The first-order valence-corrected chi connectivity index (χ1v) is 9.77. The van der Waals surface area contributed by atoms with E-state index in [-0.39, 0.29) is 23.9 Å². The Morgan fingerprint density at radius 3 is 2.42 bits per heavy atom. The Hall–Kier alpha value is -1.61. The summed E-state index contributed by atoms with van der Waals surface area (Å²) in [6.45, 7) is 13.9. The molecule has 1 saturated carbocycles. The predicted octanol–water partition coefficient (Wildman–Crippen LogP) is 5.03. The van der Waals surface area contributed by atoms with E-state index in [0.29, 0.717) is 11.5 Å². The van der Waals surface area contributed by atoms with E-state index in [1.54, 1.807) is 13.8 Å². The van der Waals surface area contributed by atoms with Crippen molar-refractivity contribution in [2.45, 2.75) is 77.4 Å². The van der Waals surface area contributed by atoms with Crippen LogP contribution in [0.15, 0.2) is 42.5 Å². The standard InChI is InChI=1S/C23H34O3/c1-7-23(25,16(2)3)21(24)26-20-15-17(4)13-14-19(20)22(5,6)18-11-9-8-10-12-18/h8-12,17,19-20,25H,2,7,13-15H2,1,3-6H3/t17-,19-,20-,23+/m1/s1. The van der Waals surface area contributed by atoms with Gasteiger partial charge < -0.3 is 9.84 Å². The van der Waals surface area contributed by atoms with Gasteiger partial charge in [0, 0.05) is 5.92 Å². The van der Waals surface area contributed by atoms with Gasteiger partial charge in [0.15, 0.2) is 5.60 Å². The van der Waals surface area contributed by atoms with E-state index in [4.69, 9.17) is 4.74 Å². The smallest absolute Gasteiger partial charge is 0.342 e. The number of rotatable bonds is 6. The molecule has 0 aliphatic heterocycles. The molecule has 1 aliphatic rings. The van der Waals surface area contributed by atoms with E-state index < -0.39 is 11.6 Å². The molecule has 0 unspecified atom stereocenters. The summed E-state index contributed by atoms with van der Waals surface area (Å²) in [5.74, 6) is 0.173. The molecule has 0 aromatic heterocycles. The van der Waals surface area contributed by atoms with Crippen molar-refractivity contribution in [2.24, 2.45) is 11.8 Å². The lowest BCUT2D eigenvalue weighted by atomic mass is 9.64. The first-order chi connectivity index (χ1) is 12.1. The second-order valence-electron chi connectivity index (χ2n) is 8.55. The van der Waals surface area contributed by atoms with Gasteiger partial charge in [-0.05, 0) is 48.7 Å². The highest BCUT2D eigenvalue weighted by Gasteiger charge is 2.45. The van der Waals surface area contributed by atoms with Gasteiger partial charge in [0.25, 0.3) is 0 Å². The maximum Gasteiger partial charge on any atom is 0.342 e. The largest absolute Gasteiger partial charge is 0.460 e. The van der Waals surface area contributed by atoms with Crippen molar-refractivity contribution >= 4 is 5.97 Å². The number of benzene rings is 1. The Labute approximate surface area is 158 Å². The molecule has 0 bridgehead atoms. The Morgan fingerprint density at radius 1 is 1.27 bits per heavy atom. The highest BCUT2D eigenvalue weighted by Crippen LogP contribution is 2.44. The SMILES string of the molecule is C=C(C)[C@@](O)(CC)C(=O)O[C@@H]1C[C@H](C)CC[C@H]1C(C)(C)c1ccccc1. The van der Waals surface area contributed by atoms with Crippen LogP contribution in [0, 0.1) is 11.8 Å². The Morgan fingerprint density at radius 2 is 1.88 bits per heavy atom. The molecule has 1 aromatic carbocycles. The highest BCUT2D eigenvalue weighted by molar-refractivity contribution is 5.83. The zero-order chi connectivity index (χ0) is 19.5. The molecule has 0 radical (unpaired) electrons. The molecule has 26 heavy (non-hydrogen) atoms. The summed E-state index contributed by atoms with van der Waals surface area (Å²) in [5, 5.41) is 10.7. The minimum absolute atomic E-state index is 0.111. The molecule has 0 spiro atoms. The number of esters is 1. The summed E-state index contributed by atoms with van der Waals surface area (Å²) in [6, 6.07) is 10.4. The van der Waals surface area contributed by atoms with E-state index in [1.807, 2.05) is 6.07 Å². The summed E-state index contributed by atoms with van der Waals surface area (Å²) in [4.78, 5) is 12.8. The Bertz CT molecular complexity index is 634. The number of carbonyl (C=O) groups is 1. The second-order valence-corrected chi connectivity index (χ2v) is 8.55. The molecule has 1 N–H and O–H groups in total. The highest BCUT2D eigenvalue weighted by atomic mass is 16.6. The van der Waals surface area contributed by atoms with Crippen molar-refractivity contribution in [3.05, 3.63) is 48.0 Å². The van der Waals surface area contributed by atoms with Crippen molar-refractivity contribution in [3.63, 3.8) is 0 Å². The maximum absolute atomic E-state index is 12.8. The summed E-state index contributed by atoms with van der Waals surface area (Å²) < 4.78 is 5.95. The molecular formula is C23H34O3. The zero-order valence-electron chi connectivity index (χ0n) is 16.9. The van der Waals surface area contributed by atoms with Crippen molar-refractivity contribution < 1.29 is 14.6 Å². The average molecular weight is 359 g/mol. The molecule has 0 amide bonds. The van der Waals surface area contributed by atoms with Gasteiger partial charge in [-0.2, -0.15) is 0 Å². The second kappa shape index (κ2) is 7.96. The van der Waals surface area contributed by atoms with E-state index in [1.165, 1.54) is 5.56 Å². The molecule has 144 valence electrons. The van der Waals surface area contributed by atoms with Gasteiger partial charge in [-0.1, -0.05) is 71.0 Å². The molecular weight excluding hydrogens is 324 g/mol. The van der Waals surface area contributed by atoms with Gasteiger partial charge in [-0.25, -0.2) is 4.79 Å². The van der Waals surface area contributed by atoms with Crippen LogP contribution in [0.3, 0.4) is 0 Å². The van der Waals surface area contributed by atoms with Crippen LogP contribution in [0.25, 0.3) is 0 Å². The fraction of sp³-hybridized carbons (Fsp3) is 0.609. The summed E-state index contributed by atoms with van der Waals surface area (Å²) in [5.41, 5.74) is -0.0128. The van der Waals surface area contributed by atoms with Crippen molar-refractivity contribution in [3.8, 4) is 0 Å². The number of ether oxygens (including phenoxy) is 1. The van der Waals surface area contributed by atoms with Gasteiger partial charge in [-0.3, -0.25) is 0 Å². The van der Waals surface area contributed by atoms with Crippen LogP contribution >= 0.6 is 0 Å². The van der Waals surface area contributed by atoms with Gasteiger partial charge in [0.05, 0.1) is 0 Å². The van der Waals surface area contributed by atoms with Crippen molar-refractivity contribution in [2.75, 3.05) is 0 Å². The Kier molecular flexibility index (Phi) is 6.33. The quantitative estimate of drug-likeness (QED) is 0.573. The molecule has 1 aromatic rings. The first kappa shape index (κ1) is 20.7. The lowest BCUT2D eigenvalue weighted by Crippen LogP contribution is -2.48. The van der Waals surface area contributed by atoms with Gasteiger partial charge in [0.1, 0.15) is 6.10 Å². The summed E-state index contributed by atoms with van der Waals surface area (Å²) in [7, 11) is 0. The van der Waals surface area contributed by atoms with Crippen LogP contribution in [0.4, 0.5) is 0 Å². The molecule has 4 atom stereocenters. The van der Waals surface area contributed by atoms with E-state index >= 15 is 0 Å². The van der Waals surface area contributed by atoms with Crippen LogP contribution in [0.2, 0.25) is 0 Å². The molecule has 0 heterocycles. The molecule has 0 saturated heterocycles. The fourth-order valence-corrected chi connectivity index (χ4v) is 4.22. The number of aliphatic hydroxyl groups is 1. The maximum atomic E-state index is 12.8. The third kappa shape index (κ3) is 4.03. The first-order valence-electron chi connectivity index (χ1n) is 9.77. The summed E-state index contributed by atoms with van der Waals surface area (Å²) in [6.07, 6.45) is 3.06. The molecule has 3 nitrogen and oxygen atoms in total. The molecule has 1 fully saturated rings. The monoisotopic (exact) mass is 358 g/mol. The van der Waals surface area contributed by atoms with Crippen molar-refractivity contribution in [1.82, 2.24) is 0 Å². The topological polar surface area (TPSA) is 46.5 Å². The van der Waals surface area contributed by atoms with Crippen LogP contribution in [0.1, 0.15) is 65.9 Å². The normalized spacial score (nSPS) is 26.0. The number of hydrogen-bond acceptors (Lipinski definition) is 3. The third-order valence-electron chi connectivity index (χ3n) is 6.31. The third-order valence-corrected chi connectivity index (χ3v) is 6.31. The average Bonchev–Trinajstić information content (AvgIpc) is 2.61. The van der Waals surface area contributed by atoms with Crippen LogP contribution in [0.5, 0.6) is 0 Å². The summed E-state index contributed by atoms with van der Waals surface area (Å²) >= 11 is 0. The lowest BCUT2D eigenvalue weighted by Gasteiger charge is -2.44. The predicted molar refractivity (Wildman–Crippen MR) is 106 cm³/mol. The van der Waals surface area contributed by atoms with Crippen LogP contribution < -0.4 is 0 Å². The van der Waals surface area contributed by atoms with E-state index in [9.17, 15) is 9.90 Å². The molecule has 1 aliphatic carbocycles. The number of carbonyl (C=O) groups excluding carboxylic acids is 1. The molecule has 2 rings (SSSR count). The van der Waals surface area contributed by atoms with Crippen LogP contribution in [-0.4, -0.2) is 22.8 Å².